The van der Waals surface area contributed by atoms with Gasteiger partial charge in [-0.1, -0.05) is 0 Å². The molecule has 0 aromatic heterocycles. The molecule has 0 unspecified atom stereocenters. The molecule has 2 heteroatoms. The van der Waals surface area contributed by atoms with E-state index in [4.69, 9.17) is 0 Å². The smallest absolute Gasteiger partial charge is 0.135 e. The molecule has 1 saturated carbocycles. The Kier molecular flexibility index (Phi) is 1.82. The molecule has 0 aromatic carbocycles. The van der Waals surface area contributed by atoms with Crippen LogP contribution in [-0.4, -0.2) is 16.5 Å². The van der Waals surface area contributed by atoms with Crippen LogP contribution in [0.1, 0.15) is 33.1 Å². The van der Waals surface area contributed by atoms with Gasteiger partial charge in [0.15, 0.2) is 0 Å². The van der Waals surface area contributed by atoms with Gasteiger partial charge >= 0.3 is 0 Å². The third kappa shape index (κ3) is 1.21. The summed E-state index contributed by atoms with van der Waals surface area (Å²) in [6.45, 7) is 3.32. The number of hydrogen-bond acceptors (Lipinski definition) is 2. The van der Waals surface area contributed by atoms with Crippen molar-refractivity contribution in [2.75, 3.05) is 0 Å². The maximum absolute atomic E-state index is 10.9. The van der Waals surface area contributed by atoms with Crippen LogP contribution in [0.2, 0.25) is 0 Å². The summed E-state index contributed by atoms with van der Waals surface area (Å²) in [5, 5.41) is 9.60. The fourth-order valence-electron chi connectivity index (χ4n) is 1.79. The SMILES string of the molecule is CC(=O)[C@H]1CCC[C@@]1(C)O. The zero-order chi connectivity index (χ0) is 7.78. The summed E-state index contributed by atoms with van der Waals surface area (Å²) in [5.74, 6) is 0.0231. The van der Waals surface area contributed by atoms with E-state index in [2.05, 4.69) is 0 Å². The summed E-state index contributed by atoms with van der Waals surface area (Å²) in [6.07, 6.45) is 2.62. The summed E-state index contributed by atoms with van der Waals surface area (Å²) < 4.78 is 0. The van der Waals surface area contributed by atoms with Crippen molar-refractivity contribution >= 4 is 5.78 Å². The highest BCUT2D eigenvalue weighted by Crippen LogP contribution is 2.35. The summed E-state index contributed by atoms with van der Waals surface area (Å²) in [6, 6.07) is 0. The van der Waals surface area contributed by atoms with Crippen LogP contribution in [0, 0.1) is 5.92 Å². The van der Waals surface area contributed by atoms with Crippen molar-refractivity contribution < 1.29 is 9.90 Å². The quantitative estimate of drug-likeness (QED) is 0.595. The van der Waals surface area contributed by atoms with Crippen molar-refractivity contribution in [2.24, 2.45) is 5.92 Å². The van der Waals surface area contributed by atoms with Gasteiger partial charge in [0.1, 0.15) is 5.78 Å². The van der Waals surface area contributed by atoms with E-state index >= 15 is 0 Å². The second kappa shape index (κ2) is 2.35. The van der Waals surface area contributed by atoms with Gasteiger partial charge in [-0.3, -0.25) is 4.79 Å². The number of hydrogen-bond donors (Lipinski definition) is 1. The highest BCUT2D eigenvalue weighted by atomic mass is 16.3. The minimum absolute atomic E-state index is 0.104. The van der Waals surface area contributed by atoms with Crippen LogP contribution in [-0.2, 0) is 4.79 Å². The number of rotatable bonds is 1. The van der Waals surface area contributed by atoms with Crippen molar-refractivity contribution in [2.45, 2.75) is 38.7 Å². The first-order valence-electron chi connectivity index (χ1n) is 3.77. The van der Waals surface area contributed by atoms with E-state index in [9.17, 15) is 9.90 Å². The molecule has 0 heterocycles. The molecule has 2 nitrogen and oxygen atoms in total. The summed E-state index contributed by atoms with van der Waals surface area (Å²) in [7, 11) is 0. The fraction of sp³-hybridized carbons (Fsp3) is 0.875. The maximum Gasteiger partial charge on any atom is 0.135 e. The molecular weight excluding hydrogens is 128 g/mol. The monoisotopic (exact) mass is 142 g/mol. The molecule has 1 aliphatic carbocycles. The van der Waals surface area contributed by atoms with E-state index in [1.54, 1.807) is 13.8 Å². The van der Waals surface area contributed by atoms with Gasteiger partial charge in [-0.2, -0.15) is 0 Å². The Morgan fingerprint density at radius 1 is 1.70 bits per heavy atom. The van der Waals surface area contributed by atoms with Crippen LogP contribution in [0.25, 0.3) is 0 Å². The first kappa shape index (κ1) is 7.73. The van der Waals surface area contributed by atoms with Crippen molar-refractivity contribution in [3.8, 4) is 0 Å². The van der Waals surface area contributed by atoms with E-state index in [1.807, 2.05) is 0 Å². The fourth-order valence-corrected chi connectivity index (χ4v) is 1.79. The molecule has 10 heavy (non-hydrogen) atoms. The Morgan fingerprint density at radius 3 is 2.50 bits per heavy atom. The van der Waals surface area contributed by atoms with Crippen molar-refractivity contribution in [1.82, 2.24) is 0 Å². The standard InChI is InChI=1S/C8H14O2/c1-6(9)7-4-3-5-8(7,2)10/h7,10H,3-5H2,1-2H3/t7-,8-/m1/s1. The van der Waals surface area contributed by atoms with Crippen LogP contribution in [0.3, 0.4) is 0 Å². The van der Waals surface area contributed by atoms with Gasteiger partial charge < -0.3 is 5.11 Å². The number of carbonyl (C=O) groups is 1. The molecule has 1 rings (SSSR count). The van der Waals surface area contributed by atoms with Crippen molar-refractivity contribution in [1.29, 1.82) is 0 Å². The largest absolute Gasteiger partial charge is 0.389 e. The van der Waals surface area contributed by atoms with Crippen LogP contribution >= 0.6 is 0 Å². The maximum atomic E-state index is 10.9. The summed E-state index contributed by atoms with van der Waals surface area (Å²) >= 11 is 0. The molecule has 1 fully saturated rings. The molecule has 0 radical (unpaired) electrons. The van der Waals surface area contributed by atoms with Gasteiger partial charge in [-0.25, -0.2) is 0 Å². The van der Waals surface area contributed by atoms with Gasteiger partial charge in [0, 0.05) is 5.92 Å². The minimum atomic E-state index is -0.716. The Morgan fingerprint density at radius 2 is 2.30 bits per heavy atom. The summed E-state index contributed by atoms with van der Waals surface area (Å²) in [4.78, 5) is 10.9. The lowest BCUT2D eigenvalue weighted by Crippen LogP contribution is -2.33. The molecule has 0 saturated heterocycles. The second-order valence-corrected chi connectivity index (χ2v) is 3.41. The van der Waals surface area contributed by atoms with Crippen molar-refractivity contribution in [3.63, 3.8) is 0 Å². The lowest BCUT2D eigenvalue weighted by atomic mass is 9.90. The first-order chi connectivity index (χ1) is 4.54. The van der Waals surface area contributed by atoms with Crippen LogP contribution in [0.4, 0.5) is 0 Å². The average Bonchev–Trinajstić information content (AvgIpc) is 2.08. The lowest BCUT2D eigenvalue weighted by Gasteiger charge is -2.22. The van der Waals surface area contributed by atoms with Crippen LogP contribution in [0.15, 0.2) is 0 Å². The molecule has 0 aromatic rings. The molecule has 0 spiro atoms. The number of ketones is 1. The molecule has 2 atom stereocenters. The van der Waals surface area contributed by atoms with Gasteiger partial charge in [0.2, 0.25) is 0 Å². The molecule has 1 aliphatic rings. The molecule has 1 N–H and O–H groups in total. The predicted molar refractivity (Wildman–Crippen MR) is 38.6 cm³/mol. The third-order valence-electron chi connectivity index (χ3n) is 2.42. The molecular formula is C8H14O2. The first-order valence-corrected chi connectivity index (χ1v) is 3.77. The number of carbonyl (C=O) groups excluding carboxylic acids is 1. The number of aliphatic hydroxyl groups is 1. The molecule has 0 amide bonds. The Bertz CT molecular complexity index is 149. The molecule has 0 aliphatic heterocycles. The highest BCUT2D eigenvalue weighted by Gasteiger charge is 2.39. The zero-order valence-electron chi connectivity index (χ0n) is 6.55. The third-order valence-corrected chi connectivity index (χ3v) is 2.42. The van der Waals surface area contributed by atoms with E-state index in [-0.39, 0.29) is 11.7 Å². The van der Waals surface area contributed by atoms with Crippen molar-refractivity contribution in [3.05, 3.63) is 0 Å². The normalized spacial score (nSPS) is 40.1. The van der Waals surface area contributed by atoms with E-state index < -0.39 is 5.60 Å². The van der Waals surface area contributed by atoms with E-state index in [0.29, 0.717) is 0 Å². The lowest BCUT2D eigenvalue weighted by molar-refractivity contribution is -0.126. The Balaban J connectivity index is 2.68. The van der Waals surface area contributed by atoms with E-state index in [1.165, 1.54) is 0 Å². The number of Topliss-reactive ketones (excluding diaryl/α,β-unsaturated/α-hetero) is 1. The van der Waals surface area contributed by atoms with Gasteiger partial charge in [0.05, 0.1) is 5.60 Å². The Hall–Kier alpha value is -0.370. The Labute approximate surface area is 61.2 Å². The molecule has 58 valence electrons. The summed E-state index contributed by atoms with van der Waals surface area (Å²) in [5.41, 5.74) is -0.716. The van der Waals surface area contributed by atoms with Gasteiger partial charge in [0.25, 0.3) is 0 Å². The van der Waals surface area contributed by atoms with E-state index in [0.717, 1.165) is 19.3 Å². The second-order valence-electron chi connectivity index (χ2n) is 3.41. The van der Waals surface area contributed by atoms with Crippen LogP contribution < -0.4 is 0 Å². The van der Waals surface area contributed by atoms with Gasteiger partial charge in [-0.05, 0) is 33.1 Å². The topological polar surface area (TPSA) is 37.3 Å². The zero-order valence-corrected chi connectivity index (χ0v) is 6.55. The minimum Gasteiger partial charge on any atom is -0.389 e. The van der Waals surface area contributed by atoms with Gasteiger partial charge in [-0.15, -0.1) is 0 Å². The molecule has 0 bridgehead atoms. The highest BCUT2D eigenvalue weighted by molar-refractivity contribution is 5.79. The predicted octanol–water partition coefficient (Wildman–Crippen LogP) is 1.13. The average molecular weight is 142 g/mol. The van der Waals surface area contributed by atoms with Crippen LogP contribution in [0.5, 0.6) is 0 Å².